The summed E-state index contributed by atoms with van der Waals surface area (Å²) in [6.07, 6.45) is 1.51. The lowest BCUT2D eigenvalue weighted by Gasteiger charge is -2.19. The van der Waals surface area contributed by atoms with Crippen LogP contribution in [0.2, 0.25) is 0 Å². The van der Waals surface area contributed by atoms with E-state index in [4.69, 9.17) is 11.0 Å². The molecule has 2 rings (SSSR count). The van der Waals surface area contributed by atoms with Gasteiger partial charge in [0.1, 0.15) is 6.07 Å². The monoisotopic (exact) mass is 239 g/mol. The molecule has 0 spiro atoms. The van der Waals surface area contributed by atoms with Gasteiger partial charge in [0.05, 0.1) is 11.8 Å². The van der Waals surface area contributed by atoms with E-state index in [0.717, 1.165) is 11.3 Å². The molecule has 1 aromatic heterocycles. The number of para-hydroxylation sites is 1. The van der Waals surface area contributed by atoms with Crippen molar-refractivity contribution in [2.45, 2.75) is 6.54 Å². The average molecular weight is 239 g/mol. The van der Waals surface area contributed by atoms with Crippen molar-refractivity contribution < 1.29 is 0 Å². The molecule has 0 aliphatic heterocycles. The van der Waals surface area contributed by atoms with Crippen LogP contribution >= 0.6 is 0 Å². The molecule has 0 saturated carbocycles. The van der Waals surface area contributed by atoms with Crippen LogP contribution in [-0.2, 0) is 6.54 Å². The van der Waals surface area contributed by atoms with Gasteiger partial charge < -0.3 is 10.6 Å². The highest BCUT2D eigenvalue weighted by Gasteiger charge is 2.10. The summed E-state index contributed by atoms with van der Waals surface area (Å²) < 4.78 is 0. The van der Waals surface area contributed by atoms with Gasteiger partial charge in [-0.05, 0) is 17.7 Å². The van der Waals surface area contributed by atoms with Crippen LogP contribution < -0.4 is 10.6 Å². The smallest absolute Gasteiger partial charge is 0.169 e. The first-order chi connectivity index (χ1) is 8.72. The maximum atomic E-state index is 9.02. The Kier molecular flexibility index (Phi) is 3.39. The van der Waals surface area contributed by atoms with Crippen molar-refractivity contribution in [1.29, 1.82) is 5.26 Å². The van der Waals surface area contributed by atoms with Crippen molar-refractivity contribution in [3.63, 3.8) is 0 Å². The number of hydrogen-bond donors (Lipinski definition) is 1. The second kappa shape index (κ2) is 5.15. The third-order valence-corrected chi connectivity index (χ3v) is 2.65. The molecule has 0 saturated heterocycles. The van der Waals surface area contributed by atoms with Gasteiger partial charge in [0, 0.05) is 19.3 Å². The Morgan fingerprint density at radius 2 is 2.11 bits per heavy atom. The van der Waals surface area contributed by atoms with Crippen LogP contribution in [0.3, 0.4) is 0 Å². The van der Waals surface area contributed by atoms with Gasteiger partial charge in [-0.3, -0.25) is 0 Å². The van der Waals surface area contributed by atoms with Crippen molar-refractivity contribution in [1.82, 2.24) is 10.2 Å². The van der Waals surface area contributed by atoms with Crippen LogP contribution in [0.25, 0.3) is 0 Å². The lowest BCUT2D eigenvalue weighted by atomic mass is 10.1. The molecular weight excluding hydrogens is 226 g/mol. The molecule has 0 atom stereocenters. The SMILES string of the molecule is CN(Cc1ccccc1N)c1nnccc1C#N. The van der Waals surface area contributed by atoms with Gasteiger partial charge in [0.15, 0.2) is 5.82 Å². The molecule has 5 heteroatoms. The Morgan fingerprint density at radius 1 is 1.33 bits per heavy atom. The van der Waals surface area contributed by atoms with Crippen LogP contribution in [0.5, 0.6) is 0 Å². The maximum Gasteiger partial charge on any atom is 0.169 e. The van der Waals surface area contributed by atoms with E-state index in [1.807, 2.05) is 36.2 Å². The topological polar surface area (TPSA) is 78.8 Å². The van der Waals surface area contributed by atoms with E-state index in [-0.39, 0.29) is 0 Å². The van der Waals surface area contributed by atoms with Crippen molar-refractivity contribution in [2.24, 2.45) is 0 Å². The Balaban J connectivity index is 2.26. The summed E-state index contributed by atoms with van der Waals surface area (Å²) in [5, 5.41) is 16.8. The molecule has 1 aromatic carbocycles. The van der Waals surface area contributed by atoms with Crippen LogP contribution in [0.1, 0.15) is 11.1 Å². The zero-order chi connectivity index (χ0) is 13.0. The van der Waals surface area contributed by atoms with Crippen molar-refractivity contribution in [2.75, 3.05) is 17.7 Å². The number of benzene rings is 1. The van der Waals surface area contributed by atoms with E-state index in [0.29, 0.717) is 17.9 Å². The van der Waals surface area contributed by atoms with Gasteiger partial charge in [0.25, 0.3) is 0 Å². The highest BCUT2D eigenvalue weighted by atomic mass is 15.2. The van der Waals surface area contributed by atoms with E-state index in [9.17, 15) is 0 Å². The summed E-state index contributed by atoms with van der Waals surface area (Å²) in [5.41, 5.74) is 8.12. The molecule has 0 unspecified atom stereocenters. The molecule has 2 N–H and O–H groups in total. The highest BCUT2D eigenvalue weighted by molar-refractivity contribution is 5.54. The Bertz CT molecular complexity index is 588. The number of aromatic nitrogens is 2. The third-order valence-electron chi connectivity index (χ3n) is 2.65. The normalized spacial score (nSPS) is 9.78. The van der Waals surface area contributed by atoms with Gasteiger partial charge in [-0.15, -0.1) is 5.10 Å². The zero-order valence-electron chi connectivity index (χ0n) is 10.0. The van der Waals surface area contributed by atoms with E-state index < -0.39 is 0 Å². The molecule has 0 amide bonds. The van der Waals surface area contributed by atoms with Gasteiger partial charge in [0.2, 0.25) is 0 Å². The molecular formula is C13H13N5. The molecule has 18 heavy (non-hydrogen) atoms. The largest absolute Gasteiger partial charge is 0.398 e. The van der Waals surface area contributed by atoms with Crippen molar-refractivity contribution in [3.8, 4) is 6.07 Å². The number of rotatable bonds is 3. The standard InChI is InChI=1S/C13H13N5/c1-18(9-11-4-2-3-5-12(11)15)13-10(8-14)6-7-16-17-13/h2-7H,9,15H2,1H3. The summed E-state index contributed by atoms with van der Waals surface area (Å²) in [7, 11) is 1.86. The van der Waals surface area contributed by atoms with Crippen LogP contribution in [-0.4, -0.2) is 17.2 Å². The number of hydrogen-bond acceptors (Lipinski definition) is 5. The summed E-state index contributed by atoms with van der Waals surface area (Å²) in [6, 6.07) is 11.4. The second-order valence-corrected chi connectivity index (χ2v) is 3.94. The number of anilines is 2. The van der Waals surface area contributed by atoms with E-state index in [2.05, 4.69) is 16.3 Å². The van der Waals surface area contributed by atoms with E-state index in [1.54, 1.807) is 6.07 Å². The fraction of sp³-hybridized carbons (Fsp3) is 0.154. The summed E-state index contributed by atoms with van der Waals surface area (Å²) in [4.78, 5) is 1.86. The summed E-state index contributed by atoms with van der Waals surface area (Å²) in [5.74, 6) is 0.559. The number of nitrogens with two attached hydrogens (primary N) is 1. The van der Waals surface area contributed by atoms with Crippen LogP contribution in [0.4, 0.5) is 11.5 Å². The minimum atomic E-state index is 0.502. The van der Waals surface area contributed by atoms with Crippen LogP contribution in [0, 0.1) is 11.3 Å². The van der Waals surface area contributed by atoms with E-state index >= 15 is 0 Å². The Hall–Kier alpha value is -2.61. The van der Waals surface area contributed by atoms with Crippen molar-refractivity contribution >= 4 is 11.5 Å². The minimum absolute atomic E-state index is 0.502. The Morgan fingerprint density at radius 3 is 2.83 bits per heavy atom. The quantitative estimate of drug-likeness (QED) is 0.822. The van der Waals surface area contributed by atoms with Gasteiger partial charge in [-0.2, -0.15) is 10.4 Å². The minimum Gasteiger partial charge on any atom is -0.398 e. The number of nitriles is 1. The molecule has 0 aliphatic rings. The fourth-order valence-corrected chi connectivity index (χ4v) is 1.70. The molecule has 1 heterocycles. The predicted molar refractivity (Wildman–Crippen MR) is 69.7 cm³/mol. The molecule has 0 aliphatic carbocycles. The number of nitrogens with zero attached hydrogens (tertiary/aromatic N) is 4. The second-order valence-electron chi connectivity index (χ2n) is 3.94. The first-order valence-corrected chi connectivity index (χ1v) is 5.48. The molecule has 2 aromatic rings. The lowest BCUT2D eigenvalue weighted by molar-refractivity contribution is 0.864. The van der Waals surface area contributed by atoms with Gasteiger partial charge in [-0.25, -0.2) is 0 Å². The summed E-state index contributed by atoms with van der Waals surface area (Å²) in [6.45, 7) is 0.583. The summed E-state index contributed by atoms with van der Waals surface area (Å²) >= 11 is 0. The maximum absolute atomic E-state index is 9.02. The molecule has 0 radical (unpaired) electrons. The molecule has 0 bridgehead atoms. The average Bonchev–Trinajstić information content (AvgIpc) is 2.41. The van der Waals surface area contributed by atoms with Gasteiger partial charge >= 0.3 is 0 Å². The number of nitrogen functional groups attached to an aromatic ring is 1. The third kappa shape index (κ3) is 2.38. The highest BCUT2D eigenvalue weighted by Crippen LogP contribution is 2.18. The van der Waals surface area contributed by atoms with Gasteiger partial charge in [-0.1, -0.05) is 18.2 Å². The Labute approximate surface area is 105 Å². The predicted octanol–water partition coefficient (Wildman–Crippen LogP) is 1.57. The van der Waals surface area contributed by atoms with Crippen LogP contribution in [0.15, 0.2) is 36.5 Å². The fourth-order valence-electron chi connectivity index (χ4n) is 1.70. The first-order valence-electron chi connectivity index (χ1n) is 5.48. The lowest BCUT2D eigenvalue weighted by Crippen LogP contribution is -2.20. The molecule has 0 fully saturated rings. The first kappa shape index (κ1) is 11.9. The van der Waals surface area contributed by atoms with Crippen molar-refractivity contribution in [3.05, 3.63) is 47.7 Å². The zero-order valence-corrected chi connectivity index (χ0v) is 10.0. The molecule has 5 nitrogen and oxygen atoms in total. The van der Waals surface area contributed by atoms with E-state index in [1.165, 1.54) is 6.20 Å². The molecule has 90 valence electrons.